The minimum Gasteiger partial charge on any atom is -0.492 e. The minimum atomic E-state index is -3.87. The van der Waals surface area contributed by atoms with Crippen molar-refractivity contribution in [1.82, 2.24) is 24.5 Å². The van der Waals surface area contributed by atoms with Crippen molar-refractivity contribution < 1.29 is 23.1 Å². The fourth-order valence-electron chi connectivity index (χ4n) is 6.05. The topological polar surface area (TPSA) is 125 Å². The Morgan fingerprint density at radius 1 is 1.18 bits per heavy atom. The van der Waals surface area contributed by atoms with E-state index < -0.39 is 16.1 Å². The number of aliphatic hydroxyl groups excluding tert-OH is 1. The van der Waals surface area contributed by atoms with Gasteiger partial charge < -0.3 is 19.6 Å². The Bertz CT molecular complexity index is 1230. The standard InChI is InChI=1S/C27H37N5O5S/c1-31-17-22(33)15-30-38(35,36)25-7-6-21(20-4-2-3-5-20)14-24(25)37-19-27(18-31)8-12-32(13-9-27)26(34)23-16-28-10-11-29-23/h6-7,10-11,14,16,20,22,30,33H,2-5,8-9,12-13,15,17-19H2,1H3. The van der Waals surface area contributed by atoms with Gasteiger partial charge >= 0.3 is 0 Å². The van der Waals surface area contributed by atoms with Gasteiger partial charge in [0.05, 0.1) is 18.9 Å². The number of ether oxygens (including phenoxy) is 1. The second-order valence-electron chi connectivity index (χ2n) is 11.1. The predicted molar refractivity (Wildman–Crippen MR) is 141 cm³/mol. The largest absolute Gasteiger partial charge is 0.492 e. The van der Waals surface area contributed by atoms with Gasteiger partial charge in [0, 0.05) is 50.5 Å². The second kappa shape index (κ2) is 11.3. The Morgan fingerprint density at radius 3 is 2.66 bits per heavy atom. The summed E-state index contributed by atoms with van der Waals surface area (Å²) in [5.74, 6) is 0.629. The number of aromatic nitrogens is 2. The van der Waals surface area contributed by atoms with Crippen molar-refractivity contribution in [3.05, 3.63) is 48.0 Å². The number of likely N-dealkylation sites (N-methyl/N-ethyl adjacent to an activating group) is 1. The van der Waals surface area contributed by atoms with Crippen LogP contribution in [0.3, 0.4) is 0 Å². The first-order valence-electron chi connectivity index (χ1n) is 13.4. The van der Waals surface area contributed by atoms with Crippen molar-refractivity contribution in [3.8, 4) is 5.75 Å². The molecule has 2 aliphatic heterocycles. The molecule has 1 atom stereocenters. The van der Waals surface area contributed by atoms with E-state index in [1.807, 2.05) is 24.1 Å². The average molecular weight is 544 g/mol. The highest BCUT2D eigenvalue weighted by Crippen LogP contribution is 2.39. The van der Waals surface area contributed by atoms with Crippen LogP contribution in [0, 0.1) is 5.41 Å². The first-order valence-corrected chi connectivity index (χ1v) is 14.9. The maximum atomic E-state index is 13.2. The molecule has 0 radical (unpaired) electrons. The lowest BCUT2D eigenvalue weighted by Gasteiger charge is -2.44. The Morgan fingerprint density at radius 2 is 1.95 bits per heavy atom. The lowest BCUT2D eigenvalue weighted by molar-refractivity contribution is 0.0157. The number of piperidine rings is 1. The summed E-state index contributed by atoms with van der Waals surface area (Å²) in [6.07, 6.45) is 9.60. The smallest absolute Gasteiger partial charge is 0.274 e. The average Bonchev–Trinajstić information content (AvgIpc) is 3.46. The van der Waals surface area contributed by atoms with Crippen molar-refractivity contribution in [2.45, 2.75) is 55.4 Å². The molecule has 38 heavy (non-hydrogen) atoms. The number of aliphatic hydroxyl groups is 1. The Labute approximate surface area is 224 Å². The monoisotopic (exact) mass is 543 g/mol. The van der Waals surface area contributed by atoms with Crippen molar-refractivity contribution >= 4 is 15.9 Å². The number of benzene rings is 1. The first-order chi connectivity index (χ1) is 18.2. The Hall–Kier alpha value is -2.60. The molecular formula is C27H37N5O5S. The zero-order valence-electron chi connectivity index (χ0n) is 21.9. The maximum Gasteiger partial charge on any atom is 0.274 e. The summed E-state index contributed by atoms with van der Waals surface area (Å²) in [5.41, 5.74) is 1.12. The number of β-amino-alcohol motifs (C(OH)–C–C–N with tert-alkyl or cyclic N) is 1. The SMILES string of the molecule is CN1CC(O)CNS(=O)(=O)c2ccc(C3CCCC3)cc2OCC2(CCN(C(=O)c3cnccn3)CC2)C1. The molecule has 2 N–H and O–H groups in total. The van der Waals surface area contributed by atoms with Crippen LogP contribution in [0.1, 0.15) is 60.5 Å². The molecular weight excluding hydrogens is 506 g/mol. The lowest BCUT2D eigenvalue weighted by atomic mass is 9.78. The molecule has 1 aromatic carbocycles. The number of amides is 1. The molecule has 1 saturated heterocycles. The van der Waals surface area contributed by atoms with E-state index in [9.17, 15) is 18.3 Å². The van der Waals surface area contributed by atoms with Crippen LogP contribution in [0.4, 0.5) is 0 Å². The minimum absolute atomic E-state index is 0.0795. The van der Waals surface area contributed by atoms with E-state index in [0.717, 1.165) is 18.4 Å². The van der Waals surface area contributed by atoms with E-state index in [1.54, 1.807) is 17.2 Å². The molecule has 11 heteroatoms. The normalized spacial score (nSPS) is 24.7. The fraction of sp³-hybridized carbons (Fsp3) is 0.593. The van der Waals surface area contributed by atoms with Gasteiger partial charge in [-0.15, -0.1) is 0 Å². The first kappa shape index (κ1) is 27.0. The van der Waals surface area contributed by atoms with Gasteiger partial charge in [-0.3, -0.25) is 9.78 Å². The van der Waals surface area contributed by atoms with Gasteiger partial charge in [-0.25, -0.2) is 18.1 Å². The van der Waals surface area contributed by atoms with Crippen LogP contribution in [0.25, 0.3) is 0 Å². The summed E-state index contributed by atoms with van der Waals surface area (Å²) in [4.78, 5) is 25.0. The highest BCUT2D eigenvalue weighted by Gasteiger charge is 2.39. The van der Waals surface area contributed by atoms with Crippen molar-refractivity contribution in [1.29, 1.82) is 0 Å². The summed E-state index contributed by atoms with van der Waals surface area (Å²) in [6.45, 7) is 2.27. The van der Waals surface area contributed by atoms with Crippen LogP contribution in [-0.4, -0.2) is 91.7 Å². The molecule has 1 unspecified atom stereocenters. The molecule has 1 saturated carbocycles. The summed E-state index contributed by atoms with van der Waals surface area (Å²) in [6, 6.07) is 5.45. The highest BCUT2D eigenvalue weighted by atomic mass is 32.2. The summed E-state index contributed by atoms with van der Waals surface area (Å²) in [7, 11) is -1.95. The summed E-state index contributed by atoms with van der Waals surface area (Å²) < 4.78 is 35.4. The van der Waals surface area contributed by atoms with Gasteiger partial charge in [0.15, 0.2) is 0 Å². The number of carbonyl (C=O) groups is 1. The molecule has 2 aromatic rings. The number of rotatable bonds is 2. The highest BCUT2D eigenvalue weighted by molar-refractivity contribution is 7.89. The maximum absolute atomic E-state index is 13.2. The van der Waals surface area contributed by atoms with E-state index in [1.165, 1.54) is 25.2 Å². The predicted octanol–water partition coefficient (Wildman–Crippen LogP) is 2.02. The Kier molecular flexibility index (Phi) is 7.99. The molecule has 1 aliphatic carbocycles. The number of hydrogen-bond donors (Lipinski definition) is 2. The van der Waals surface area contributed by atoms with Gasteiger partial charge in [-0.05, 0) is 56.3 Å². The molecule has 0 bridgehead atoms. The molecule has 1 amide bonds. The quantitative estimate of drug-likeness (QED) is 0.590. The molecule has 2 fully saturated rings. The fourth-order valence-corrected chi connectivity index (χ4v) is 7.25. The zero-order chi connectivity index (χ0) is 26.8. The molecule has 1 spiro atoms. The molecule has 5 rings (SSSR count). The number of likely N-dealkylation sites (tertiary alicyclic amines) is 1. The van der Waals surface area contributed by atoms with Crippen LogP contribution >= 0.6 is 0 Å². The number of hydrogen-bond acceptors (Lipinski definition) is 8. The number of nitrogens with zero attached hydrogens (tertiary/aromatic N) is 4. The van der Waals surface area contributed by atoms with Gasteiger partial charge in [0.25, 0.3) is 5.91 Å². The zero-order valence-corrected chi connectivity index (χ0v) is 22.7. The molecule has 1 aromatic heterocycles. The number of carbonyl (C=O) groups excluding carboxylic acids is 1. The Balaban J connectivity index is 1.41. The van der Waals surface area contributed by atoms with Crippen LogP contribution in [0.15, 0.2) is 41.7 Å². The second-order valence-corrected chi connectivity index (χ2v) is 12.8. The number of nitrogens with one attached hydrogen (secondary N) is 1. The van der Waals surface area contributed by atoms with Crippen molar-refractivity contribution in [2.75, 3.05) is 46.4 Å². The summed E-state index contributed by atoms with van der Waals surface area (Å²) >= 11 is 0. The van der Waals surface area contributed by atoms with Crippen molar-refractivity contribution in [3.63, 3.8) is 0 Å². The molecule has 3 aliphatic rings. The third-order valence-corrected chi connectivity index (χ3v) is 9.61. The van der Waals surface area contributed by atoms with E-state index >= 15 is 0 Å². The van der Waals surface area contributed by atoms with E-state index in [-0.39, 0.29) is 22.8 Å². The van der Waals surface area contributed by atoms with Crippen LogP contribution in [0.2, 0.25) is 0 Å². The van der Waals surface area contributed by atoms with Gasteiger partial charge in [-0.2, -0.15) is 0 Å². The molecule has 206 valence electrons. The van der Waals surface area contributed by atoms with Crippen molar-refractivity contribution in [2.24, 2.45) is 5.41 Å². The van der Waals surface area contributed by atoms with Gasteiger partial charge in [0.2, 0.25) is 10.0 Å². The van der Waals surface area contributed by atoms with E-state index in [4.69, 9.17) is 4.74 Å². The summed E-state index contributed by atoms with van der Waals surface area (Å²) in [5, 5.41) is 10.6. The van der Waals surface area contributed by atoms with Gasteiger partial charge in [-0.1, -0.05) is 18.9 Å². The number of fused-ring (bicyclic) bond motifs is 1. The third kappa shape index (κ3) is 6.01. The van der Waals surface area contributed by atoms with Crippen LogP contribution in [-0.2, 0) is 10.0 Å². The third-order valence-electron chi connectivity index (χ3n) is 8.15. The molecule has 10 nitrogen and oxygen atoms in total. The number of sulfonamides is 1. The van der Waals surface area contributed by atoms with Gasteiger partial charge in [0.1, 0.15) is 16.3 Å². The van der Waals surface area contributed by atoms with E-state index in [2.05, 4.69) is 14.7 Å². The molecule has 3 heterocycles. The van der Waals surface area contributed by atoms with Crippen LogP contribution in [0.5, 0.6) is 5.75 Å². The van der Waals surface area contributed by atoms with Crippen LogP contribution < -0.4 is 9.46 Å². The van der Waals surface area contributed by atoms with E-state index in [0.29, 0.717) is 63.0 Å². The lowest BCUT2D eigenvalue weighted by Crippen LogP contribution is -2.51.